The van der Waals surface area contributed by atoms with E-state index in [0.717, 1.165) is 19.3 Å². The van der Waals surface area contributed by atoms with E-state index in [1.54, 1.807) is 0 Å². The molecular weight excluding hydrogens is 312 g/mol. The quantitative estimate of drug-likeness (QED) is 0.688. The summed E-state index contributed by atoms with van der Waals surface area (Å²) < 4.78 is 0. The van der Waals surface area contributed by atoms with Crippen LogP contribution in [0.2, 0.25) is 0 Å². The van der Waals surface area contributed by atoms with E-state index in [0.29, 0.717) is 0 Å². The van der Waals surface area contributed by atoms with Crippen molar-refractivity contribution in [2.75, 3.05) is 0 Å². The van der Waals surface area contributed by atoms with Gasteiger partial charge in [0, 0.05) is 21.1 Å². The second-order valence-electron chi connectivity index (χ2n) is 4.31. The Balaban J connectivity index is 0.000000331. The van der Waals surface area contributed by atoms with Crippen molar-refractivity contribution in [1.82, 2.24) is 0 Å². The van der Waals surface area contributed by atoms with Crippen LogP contribution in [-0.4, -0.2) is 0 Å². The topological polar surface area (TPSA) is 0 Å². The summed E-state index contributed by atoms with van der Waals surface area (Å²) >= 11 is 0. The minimum Gasteiger partial charge on any atom is -0.0622 e. The van der Waals surface area contributed by atoms with Crippen LogP contribution in [0.25, 0.3) is 0 Å². The van der Waals surface area contributed by atoms with Gasteiger partial charge in [-0.25, -0.2) is 0 Å². The van der Waals surface area contributed by atoms with Crippen LogP contribution in [-0.2, 0) is 40.3 Å². The maximum atomic E-state index is 2.21. The van der Waals surface area contributed by atoms with Gasteiger partial charge in [-0.2, -0.15) is 0 Å². The summed E-state index contributed by atoms with van der Waals surface area (Å²) in [4.78, 5) is 0. The molecule has 0 saturated carbocycles. The zero-order valence-electron chi connectivity index (χ0n) is 12.2. The van der Waals surface area contributed by atoms with Gasteiger partial charge in [0.1, 0.15) is 0 Å². The Morgan fingerprint density at radius 1 is 0.579 bits per heavy atom. The van der Waals surface area contributed by atoms with Gasteiger partial charge in [0.25, 0.3) is 0 Å². The van der Waals surface area contributed by atoms with Crippen molar-refractivity contribution in [2.24, 2.45) is 0 Å². The van der Waals surface area contributed by atoms with Crippen LogP contribution in [0.3, 0.4) is 0 Å². The number of benzene rings is 2. The van der Waals surface area contributed by atoms with Crippen molar-refractivity contribution < 1.29 is 21.1 Å². The van der Waals surface area contributed by atoms with Gasteiger partial charge in [0.15, 0.2) is 0 Å². The van der Waals surface area contributed by atoms with Crippen molar-refractivity contribution >= 4 is 0 Å². The summed E-state index contributed by atoms with van der Waals surface area (Å²) in [5, 5.41) is 0. The molecule has 0 spiro atoms. The van der Waals surface area contributed by atoms with Crippen molar-refractivity contribution in [2.45, 2.75) is 40.0 Å². The Hall–Kier alpha value is -0.872. The summed E-state index contributed by atoms with van der Waals surface area (Å²) in [6.07, 6.45) is 3.45. The summed E-state index contributed by atoms with van der Waals surface area (Å²) in [6.45, 7) is 6.57. The predicted octanol–water partition coefficient (Wildman–Crippen LogP) is 5.06. The first-order valence-electron chi connectivity index (χ1n) is 6.92. The van der Waals surface area contributed by atoms with Crippen molar-refractivity contribution in [3.05, 3.63) is 71.3 Å². The van der Waals surface area contributed by atoms with E-state index in [-0.39, 0.29) is 21.1 Å². The molecule has 0 amide bonds. The van der Waals surface area contributed by atoms with Gasteiger partial charge in [-0.15, -0.1) is 0 Å². The number of rotatable bonds is 3. The molecule has 2 rings (SSSR count). The van der Waals surface area contributed by atoms with Gasteiger partial charge in [-0.05, 0) is 36.0 Å². The van der Waals surface area contributed by atoms with Crippen LogP contribution in [0.15, 0.2) is 54.6 Å². The standard InChI is InChI=1S/C10H14.C8H10.Mo/c1-3-9-7-5-6-8-10(9)4-2;1-2-8-6-4-3-5-7-8;/h5-8H,3-4H2,1-2H3;3-7H,2H2,1H3;. The Kier molecular flexibility index (Phi) is 10.5. The second-order valence-corrected chi connectivity index (χ2v) is 4.31. The van der Waals surface area contributed by atoms with Crippen molar-refractivity contribution in [3.8, 4) is 0 Å². The molecule has 102 valence electrons. The van der Waals surface area contributed by atoms with Crippen LogP contribution in [0.1, 0.15) is 37.5 Å². The zero-order chi connectivity index (χ0) is 13.2. The summed E-state index contributed by atoms with van der Waals surface area (Å²) in [6, 6.07) is 19.1. The average molecular weight is 336 g/mol. The van der Waals surface area contributed by atoms with Crippen LogP contribution < -0.4 is 0 Å². The minimum absolute atomic E-state index is 0. The first-order valence-corrected chi connectivity index (χ1v) is 6.92. The van der Waals surface area contributed by atoms with E-state index < -0.39 is 0 Å². The van der Waals surface area contributed by atoms with Crippen LogP contribution in [0.5, 0.6) is 0 Å². The molecule has 0 aliphatic carbocycles. The summed E-state index contributed by atoms with van der Waals surface area (Å²) in [5.74, 6) is 0. The molecule has 0 nitrogen and oxygen atoms in total. The molecule has 2 aromatic carbocycles. The van der Waals surface area contributed by atoms with Gasteiger partial charge in [-0.1, -0.05) is 75.4 Å². The number of hydrogen-bond donors (Lipinski definition) is 0. The molecule has 19 heavy (non-hydrogen) atoms. The van der Waals surface area contributed by atoms with Gasteiger partial charge in [0.2, 0.25) is 0 Å². The Bertz CT molecular complexity index is 411. The molecule has 2 aromatic rings. The smallest absolute Gasteiger partial charge is 0 e. The van der Waals surface area contributed by atoms with Gasteiger partial charge in [-0.3, -0.25) is 0 Å². The van der Waals surface area contributed by atoms with E-state index >= 15 is 0 Å². The fourth-order valence-corrected chi connectivity index (χ4v) is 1.96. The van der Waals surface area contributed by atoms with Crippen LogP contribution >= 0.6 is 0 Å². The summed E-state index contributed by atoms with van der Waals surface area (Å²) in [7, 11) is 0. The third kappa shape index (κ3) is 6.73. The minimum atomic E-state index is 0. The van der Waals surface area contributed by atoms with Crippen molar-refractivity contribution in [3.63, 3.8) is 0 Å². The first kappa shape index (κ1) is 18.1. The summed E-state index contributed by atoms with van der Waals surface area (Å²) in [5.41, 5.74) is 4.39. The van der Waals surface area contributed by atoms with Crippen LogP contribution in [0, 0.1) is 0 Å². The number of aryl methyl sites for hydroxylation is 3. The average Bonchev–Trinajstić information content (AvgIpc) is 2.48. The molecule has 0 aliphatic heterocycles. The van der Waals surface area contributed by atoms with E-state index in [1.165, 1.54) is 16.7 Å². The molecule has 0 heterocycles. The third-order valence-corrected chi connectivity index (χ3v) is 3.13. The van der Waals surface area contributed by atoms with E-state index in [1.807, 2.05) is 6.07 Å². The molecule has 0 aromatic heterocycles. The molecular formula is C18H24Mo. The SMILES string of the molecule is CCc1ccccc1.CCc1ccccc1CC.[Mo]. The van der Waals surface area contributed by atoms with Crippen molar-refractivity contribution in [1.29, 1.82) is 0 Å². The van der Waals surface area contributed by atoms with Crippen LogP contribution in [0.4, 0.5) is 0 Å². The number of hydrogen-bond acceptors (Lipinski definition) is 0. The fraction of sp³-hybridized carbons (Fsp3) is 0.333. The molecule has 0 bridgehead atoms. The molecule has 0 N–H and O–H groups in total. The molecule has 0 aliphatic rings. The maximum Gasteiger partial charge on any atom is 0 e. The molecule has 0 fully saturated rings. The second kappa shape index (κ2) is 11.0. The zero-order valence-corrected chi connectivity index (χ0v) is 14.2. The molecule has 0 saturated heterocycles. The fourth-order valence-electron chi connectivity index (χ4n) is 1.96. The molecule has 0 unspecified atom stereocenters. The molecule has 0 radical (unpaired) electrons. The third-order valence-electron chi connectivity index (χ3n) is 3.13. The molecule has 1 heteroatoms. The Morgan fingerprint density at radius 3 is 1.32 bits per heavy atom. The Labute approximate surface area is 132 Å². The maximum absolute atomic E-state index is 2.21. The van der Waals surface area contributed by atoms with E-state index in [2.05, 4.69) is 69.3 Å². The Morgan fingerprint density at radius 2 is 1.00 bits per heavy atom. The molecule has 0 atom stereocenters. The van der Waals surface area contributed by atoms with E-state index in [9.17, 15) is 0 Å². The normalized spacial score (nSPS) is 9.00. The monoisotopic (exact) mass is 338 g/mol. The van der Waals surface area contributed by atoms with Gasteiger partial charge < -0.3 is 0 Å². The largest absolute Gasteiger partial charge is 0.0622 e. The van der Waals surface area contributed by atoms with Gasteiger partial charge >= 0.3 is 0 Å². The van der Waals surface area contributed by atoms with E-state index in [4.69, 9.17) is 0 Å². The first-order chi connectivity index (χ1) is 8.81. The predicted molar refractivity (Wildman–Crippen MR) is 81.0 cm³/mol. The van der Waals surface area contributed by atoms with Gasteiger partial charge in [0.05, 0.1) is 0 Å².